The molecule has 3 nitrogen and oxygen atoms in total. The average molecular weight is 167 g/mol. The number of carbonyl (C=O) groups excluding carboxylic acids is 1. The average Bonchev–Trinajstić information content (AvgIpc) is 1.98. The maximum absolute atomic E-state index is 11.1. The van der Waals surface area contributed by atoms with Crippen LogP contribution in [0.5, 0.6) is 0 Å². The number of hydrogen-bond donors (Lipinski definition) is 1. The first-order valence-electron chi connectivity index (χ1n) is 2.79. The lowest BCUT2D eigenvalue weighted by molar-refractivity contribution is -0.185. The van der Waals surface area contributed by atoms with E-state index in [4.69, 9.17) is 5.73 Å². The SMILES string of the molecule is CSCC[C@H](N)C(=O)OF. The van der Waals surface area contributed by atoms with E-state index in [1.165, 1.54) is 0 Å². The summed E-state index contributed by atoms with van der Waals surface area (Å²) >= 11 is 1.55. The van der Waals surface area contributed by atoms with Crippen LogP contribution < -0.4 is 5.73 Å². The molecule has 0 radical (unpaired) electrons. The minimum absolute atomic E-state index is 0.448. The molecule has 5 heteroatoms. The standard InChI is InChI=1S/C5H10FNO2S/c1-10-3-2-4(7)5(8)9-6/h4H,2-3,7H2,1H3/t4-/m0/s1. The lowest BCUT2D eigenvalue weighted by Gasteiger charge is -2.03. The third-order valence-electron chi connectivity index (χ3n) is 1.01. The highest BCUT2D eigenvalue weighted by atomic mass is 32.2. The first kappa shape index (κ1) is 9.71. The molecule has 0 amide bonds. The quantitative estimate of drug-likeness (QED) is 0.662. The van der Waals surface area contributed by atoms with Crippen LogP contribution in [0.4, 0.5) is 4.53 Å². The maximum atomic E-state index is 11.1. The van der Waals surface area contributed by atoms with Crippen LogP contribution in [-0.4, -0.2) is 24.0 Å². The van der Waals surface area contributed by atoms with Gasteiger partial charge in [0.25, 0.3) is 0 Å². The maximum Gasteiger partial charge on any atom is 0.365 e. The lowest BCUT2D eigenvalue weighted by Crippen LogP contribution is -2.31. The molecule has 0 fully saturated rings. The highest BCUT2D eigenvalue weighted by Crippen LogP contribution is 1.99. The fourth-order valence-electron chi connectivity index (χ4n) is 0.420. The Morgan fingerprint density at radius 1 is 1.90 bits per heavy atom. The molecule has 2 N–H and O–H groups in total. The van der Waals surface area contributed by atoms with Gasteiger partial charge in [-0.05, 0) is 18.4 Å². The molecule has 0 aromatic carbocycles. The zero-order valence-corrected chi connectivity index (χ0v) is 6.49. The summed E-state index contributed by atoms with van der Waals surface area (Å²) in [5.41, 5.74) is 5.19. The van der Waals surface area contributed by atoms with Crippen molar-refractivity contribution in [1.82, 2.24) is 0 Å². The Bertz CT molecular complexity index is 112. The van der Waals surface area contributed by atoms with Crippen LogP contribution in [0.1, 0.15) is 6.42 Å². The van der Waals surface area contributed by atoms with Crippen molar-refractivity contribution in [1.29, 1.82) is 0 Å². The van der Waals surface area contributed by atoms with Crippen LogP contribution in [0.15, 0.2) is 0 Å². The molecule has 10 heavy (non-hydrogen) atoms. The Labute approximate surface area is 63.0 Å². The van der Waals surface area contributed by atoms with Gasteiger partial charge >= 0.3 is 5.97 Å². The van der Waals surface area contributed by atoms with Gasteiger partial charge in [0.2, 0.25) is 0 Å². The molecular formula is C5H10FNO2S. The molecule has 0 unspecified atom stereocenters. The normalized spacial score (nSPS) is 12.7. The van der Waals surface area contributed by atoms with Gasteiger partial charge in [-0.15, -0.1) is 0 Å². The van der Waals surface area contributed by atoms with E-state index < -0.39 is 12.0 Å². The minimum atomic E-state index is -0.992. The van der Waals surface area contributed by atoms with Crippen molar-refractivity contribution in [2.45, 2.75) is 12.5 Å². The molecule has 1 atom stereocenters. The summed E-state index contributed by atoms with van der Waals surface area (Å²) in [6.45, 7) is 0. The van der Waals surface area contributed by atoms with Gasteiger partial charge in [-0.25, -0.2) is 4.79 Å². The van der Waals surface area contributed by atoms with E-state index >= 15 is 0 Å². The smallest absolute Gasteiger partial charge is 0.318 e. The van der Waals surface area contributed by atoms with E-state index in [0.29, 0.717) is 6.42 Å². The summed E-state index contributed by atoms with van der Waals surface area (Å²) in [7, 11) is 0. The number of hydrogen-bond acceptors (Lipinski definition) is 4. The van der Waals surface area contributed by atoms with Gasteiger partial charge in [-0.1, -0.05) is 0 Å². The van der Waals surface area contributed by atoms with Crippen LogP contribution >= 0.6 is 11.8 Å². The Morgan fingerprint density at radius 3 is 2.90 bits per heavy atom. The Morgan fingerprint density at radius 2 is 2.50 bits per heavy atom. The zero-order chi connectivity index (χ0) is 7.98. The first-order chi connectivity index (χ1) is 4.72. The van der Waals surface area contributed by atoms with Crippen LogP contribution in [0.2, 0.25) is 0 Å². The predicted molar refractivity (Wildman–Crippen MR) is 38.2 cm³/mol. The van der Waals surface area contributed by atoms with Crippen LogP contribution in [0.3, 0.4) is 0 Å². The number of thioether (sulfide) groups is 1. The molecule has 0 aliphatic carbocycles. The van der Waals surface area contributed by atoms with Crippen molar-refractivity contribution < 1.29 is 14.3 Å². The van der Waals surface area contributed by atoms with Crippen molar-refractivity contribution in [3.63, 3.8) is 0 Å². The second kappa shape index (κ2) is 5.49. The van der Waals surface area contributed by atoms with Gasteiger partial charge in [0, 0.05) is 4.53 Å². The van der Waals surface area contributed by atoms with E-state index in [9.17, 15) is 9.32 Å². The summed E-state index contributed by atoms with van der Waals surface area (Å²) in [5.74, 6) is -0.259. The van der Waals surface area contributed by atoms with Crippen LogP contribution in [0, 0.1) is 0 Å². The first-order valence-corrected chi connectivity index (χ1v) is 4.18. The predicted octanol–water partition coefficient (Wildman–Crippen LogP) is 0.494. The molecule has 0 spiro atoms. The van der Waals surface area contributed by atoms with Gasteiger partial charge in [0.15, 0.2) is 0 Å². The van der Waals surface area contributed by atoms with Crippen molar-refractivity contribution in [2.24, 2.45) is 5.73 Å². The van der Waals surface area contributed by atoms with Crippen LogP contribution in [0.25, 0.3) is 0 Å². The third-order valence-corrected chi connectivity index (χ3v) is 1.66. The Balaban J connectivity index is 3.41. The molecule has 0 aromatic heterocycles. The number of halogens is 1. The highest BCUT2D eigenvalue weighted by Gasteiger charge is 2.14. The minimum Gasteiger partial charge on any atom is -0.318 e. The Kier molecular flexibility index (Phi) is 5.33. The zero-order valence-electron chi connectivity index (χ0n) is 5.67. The van der Waals surface area contributed by atoms with Crippen molar-refractivity contribution >= 4 is 17.7 Å². The van der Waals surface area contributed by atoms with Gasteiger partial charge in [0.1, 0.15) is 6.04 Å². The molecule has 0 bridgehead atoms. The summed E-state index contributed by atoms with van der Waals surface area (Å²) in [5, 5.41) is 0. The van der Waals surface area contributed by atoms with Crippen LogP contribution in [-0.2, 0) is 9.74 Å². The molecule has 0 saturated carbocycles. The van der Waals surface area contributed by atoms with Crippen molar-refractivity contribution in [3.05, 3.63) is 0 Å². The molecule has 0 rings (SSSR count). The van der Waals surface area contributed by atoms with Crippen molar-refractivity contribution in [2.75, 3.05) is 12.0 Å². The summed E-state index contributed by atoms with van der Waals surface area (Å²) in [4.78, 5) is 13.2. The largest absolute Gasteiger partial charge is 0.365 e. The van der Waals surface area contributed by atoms with E-state index in [1.54, 1.807) is 11.8 Å². The second-order valence-corrected chi connectivity index (χ2v) is 2.77. The third kappa shape index (κ3) is 3.68. The summed E-state index contributed by atoms with van der Waals surface area (Å²) in [6, 6.07) is -0.822. The van der Waals surface area contributed by atoms with Gasteiger partial charge in [-0.2, -0.15) is 11.8 Å². The molecule has 0 aliphatic rings. The second-order valence-electron chi connectivity index (χ2n) is 1.78. The fraction of sp³-hybridized carbons (Fsp3) is 0.800. The molecule has 0 aromatic rings. The van der Waals surface area contributed by atoms with E-state index in [2.05, 4.69) is 4.94 Å². The van der Waals surface area contributed by atoms with E-state index in [1.807, 2.05) is 6.26 Å². The monoisotopic (exact) mass is 167 g/mol. The topological polar surface area (TPSA) is 52.3 Å². The fourth-order valence-corrected chi connectivity index (χ4v) is 0.910. The van der Waals surface area contributed by atoms with Gasteiger partial charge in [-0.3, -0.25) is 4.94 Å². The van der Waals surface area contributed by atoms with E-state index in [0.717, 1.165) is 5.75 Å². The van der Waals surface area contributed by atoms with Gasteiger partial charge < -0.3 is 5.73 Å². The van der Waals surface area contributed by atoms with E-state index in [-0.39, 0.29) is 0 Å². The summed E-state index contributed by atoms with van der Waals surface area (Å²) < 4.78 is 11.1. The van der Waals surface area contributed by atoms with Crippen molar-refractivity contribution in [3.8, 4) is 0 Å². The highest BCUT2D eigenvalue weighted by molar-refractivity contribution is 7.98. The molecule has 0 aliphatic heterocycles. The lowest BCUT2D eigenvalue weighted by atomic mass is 10.2. The Hall–Kier alpha value is -0.290. The summed E-state index contributed by atoms with van der Waals surface area (Å²) in [6.07, 6.45) is 2.33. The number of carbonyl (C=O) groups is 1. The molecule has 60 valence electrons. The molecule has 0 saturated heterocycles. The molecular weight excluding hydrogens is 157 g/mol. The number of nitrogens with two attached hydrogens (primary N) is 1. The van der Waals surface area contributed by atoms with Gasteiger partial charge in [0.05, 0.1) is 0 Å². The molecule has 0 heterocycles. The number of rotatable bonds is 4.